The van der Waals surface area contributed by atoms with Crippen molar-refractivity contribution in [2.75, 3.05) is 12.8 Å². The number of fused-ring (bicyclic) bond motifs is 1. The molecule has 2 heterocycles. The van der Waals surface area contributed by atoms with E-state index in [4.69, 9.17) is 17.3 Å². The zero-order chi connectivity index (χ0) is 21.6. The highest BCUT2D eigenvalue weighted by Gasteiger charge is 2.10. The third-order valence-electron chi connectivity index (χ3n) is 5.45. The summed E-state index contributed by atoms with van der Waals surface area (Å²) in [6, 6.07) is 0. The lowest BCUT2D eigenvalue weighted by molar-refractivity contribution is -0.140. The maximum atomic E-state index is 11.0. The predicted molar refractivity (Wildman–Crippen MR) is 121 cm³/mol. The first-order valence-electron chi connectivity index (χ1n) is 11.3. The van der Waals surface area contributed by atoms with E-state index in [1.165, 1.54) is 71.3 Å². The lowest BCUT2D eigenvalue weighted by Crippen LogP contribution is -2.00. The number of unbranched alkanes of at least 4 members (excludes halogenated alkanes) is 12. The van der Waals surface area contributed by atoms with Crippen LogP contribution >= 0.6 is 11.6 Å². The lowest BCUT2D eigenvalue weighted by Gasteiger charge is -2.06. The fourth-order valence-corrected chi connectivity index (χ4v) is 4.00. The molecular weight excluding hydrogens is 402 g/mol. The van der Waals surface area contributed by atoms with Crippen LogP contribution in [0, 0.1) is 0 Å². The van der Waals surface area contributed by atoms with Crippen molar-refractivity contribution in [2.45, 2.75) is 96.4 Å². The van der Waals surface area contributed by atoms with Gasteiger partial charge in [-0.25, -0.2) is 4.98 Å². The molecule has 0 bridgehead atoms. The summed E-state index contributed by atoms with van der Waals surface area (Å²) in [5.41, 5.74) is 6.94. The van der Waals surface area contributed by atoms with Gasteiger partial charge in [0.05, 0.1) is 13.4 Å². The molecule has 2 aromatic heterocycles. The van der Waals surface area contributed by atoms with E-state index in [2.05, 4.69) is 19.7 Å². The number of hydrogen-bond acceptors (Lipinski definition) is 6. The number of aryl methyl sites for hydroxylation is 1. The Labute approximate surface area is 184 Å². The van der Waals surface area contributed by atoms with E-state index in [-0.39, 0.29) is 11.9 Å². The minimum Gasteiger partial charge on any atom is -0.469 e. The second kappa shape index (κ2) is 14.2. The molecule has 0 atom stereocenters. The zero-order valence-corrected chi connectivity index (χ0v) is 19.0. The number of carbonyl (C=O) groups is 1. The van der Waals surface area contributed by atoms with Crippen molar-refractivity contribution in [3.8, 4) is 0 Å². The minimum atomic E-state index is -0.0881. The highest BCUT2D eigenvalue weighted by molar-refractivity contribution is 6.33. The summed E-state index contributed by atoms with van der Waals surface area (Å²) in [6.07, 6.45) is 18.5. The van der Waals surface area contributed by atoms with Crippen molar-refractivity contribution in [3.05, 3.63) is 11.5 Å². The van der Waals surface area contributed by atoms with Crippen molar-refractivity contribution < 1.29 is 9.53 Å². The topological polar surface area (TPSA) is 95.9 Å². The molecule has 8 heteroatoms. The third-order valence-corrected chi connectivity index (χ3v) is 5.72. The summed E-state index contributed by atoms with van der Waals surface area (Å²) in [5.74, 6) is 0.0724. The van der Waals surface area contributed by atoms with Crippen LogP contribution in [0.5, 0.6) is 0 Å². The molecule has 0 aromatic carbocycles. The van der Waals surface area contributed by atoms with Gasteiger partial charge in [-0.3, -0.25) is 4.79 Å². The fourth-order valence-electron chi connectivity index (χ4n) is 3.72. The molecule has 2 rings (SSSR count). The highest BCUT2D eigenvalue weighted by Crippen LogP contribution is 2.21. The third kappa shape index (κ3) is 8.86. The van der Waals surface area contributed by atoms with Gasteiger partial charge in [0, 0.05) is 13.0 Å². The molecule has 2 aromatic rings. The van der Waals surface area contributed by atoms with E-state index in [0.29, 0.717) is 17.2 Å². The number of rotatable bonds is 16. The number of nitrogens with two attached hydrogens (primary N) is 1. The van der Waals surface area contributed by atoms with Gasteiger partial charge in [-0.05, 0) is 12.8 Å². The molecule has 168 valence electrons. The number of hydrogen-bond donors (Lipinski definition) is 1. The van der Waals surface area contributed by atoms with Crippen LogP contribution in [0.15, 0.2) is 6.33 Å². The SMILES string of the molecule is COC(=O)CCCCCCCCCCCCCCCn1cnc2nc(N)nc(Cl)c21. The fraction of sp³-hybridized carbons (Fsp3) is 0.727. The van der Waals surface area contributed by atoms with E-state index in [1.54, 1.807) is 6.33 Å². The summed E-state index contributed by atoms with van der Waals surface area (Å²) < 4.78 is 6.67. The second-order valence-corrected chi connectivity index (χ2v) is 8.26. The van der Waals surface area contributed by atoms with Gasteiger partial charge >= 0.3 is 5.97 Å². The number of nitrogens with zero attached hydrogens (tertiary/aromatic N) is 4. The van der Waals surface area contributed by atoms with Crippen LogP contribution in [0.2, 0.25) is 5.15 Å². The Hall–Kier alpha value is -1.89. The van der Waals surface area contributed by atoms with Crippen LogP contribution in [0.4, 0.5) is 5.95 Å². The Morgan fingerprint density at radius 3 is 2.03 bits per heavy atom. The maximum absolute atomic E-state index is 11.0. The molecule has 0 saturated carbocycles. The standard InChI is InChI=1S/C22H36ClN5O2/c1-30-18(29)15-13-11-9-7-5-3-2-4-6-8-10-12-14-16-28-17-25-21-19(28)20(23)26-22(24)27-21/h17H,2-16H2,1H3,(H2,24,26,27). The molecule has 0 saturated heterocycles. The number of aromatic nitrogens is 4. The normalized spacial score (nSPS) is 11.3. The number of nitrogen functional groups attached to an aromatic ring is 1. The summed E-state index contributed by atoms with van der Waals surface area (Å²) in [4.78, 5) is 23.4. The van der Waals surface area contributed by atoms with Crippen LogP contribution in [0.25, 0.3) is 11.2 Å². The molecule has 0 radical (unpaired) electrons. The maximum Gasteiger partial charge on any atom is 0.305 e. The van der Waals surface area contributed by atoms with Crippen LogP contribution in [0.1, 0.15) is 89.9 Å². The second-order valence-electron chi connectivity index (χ2n) is 7.91. The quantitative estimate of drug-likeness (QED) is 0.205. The number of ether oxygens (including phenoxy) is 1. The molecule has 7 nitrogen and oxygen atoms in total. The summed E-state index contributed by atoms with van der Waals surface area (Å²) >= 11 is 6.18. The lowest BCUT2D eigenvalue weighted by atomic mass is 10.0. The number of esters is 1. The Bertz CT molecular complexity index is 765. The number of anilines is 1. The number of methoxy groups -OCH3 is 1. The van der Waals surface area contributed by atoms with Gasteiger partial charge in [-0.15, -0.1) is 0 Å². The van der Waals surface area contributed by atoms with E-state index >= 15 is 0 Å². The number of carbonyl (C=O) groups excluding carboxylic acids is 1. The van der Waals surface area contributed by atoms with E-state index in [9.17, 15) is 4.79 Å². The van der Waals surface area contributed by atoms with Gasteiger partial charge in [-0.2, -0.15) is 9.97 Å². The zero-order valence-electron chi connectivity index (χ0n) is 18.2. The summed E-state index contributed by atoms with van der Waals surface area (Å²) in [5, 5.41) is 0.371. The largest absolute Gasteiger partial charge is 0.469 e. The average molecular weight is 438 g/mol. The molecule has 30 heavy (non-hydrogen) atoms. The van der Waals surface area contributed by atoms with Gasteiger partial charge in [0.15, 0.2) is 10.8 Å². The Morgan fingerprint density at radius 1 is 0.933 bits per heavy atom. The van der Waals surface area contributed by atoms with Crippen molar-refractivity contribution in [3.63, 3.8) is 0 Å². The Balaban J connectivity index is 1.40. The van der Waals surface area contributed by atoms with Crippen LogP contribution in [0.3, 0.4) is 0 Å². The minimum absolute atomic E-state index is 0.0881. The first-order valence-corrected chi connectivity index (χ1v) is 11.7. The van der Waals surface area contributed by atoms with Crippen LogP contribution < -0.4 is 5.73 Å². The van der Waals surface area contributed by atoms with Crippen LogP contribution in [-0.4, -0.2) is 32.6 Å². The highest BCUT2D eigenvalue weighted by atomic mass is 35.5. The van der Waals surface area contributed by atoms with Gasteiger partial charge in [0.25, 0.3) is 0 Å². The summed E-state index contributed by atoms with van der Waals surface area (Å²) in [7, 11) is 1.45. The average Bonchev–Trinajstić information content (AvgIpc) is 3.13. The van der Waals surface area contributed by atoms with Gasteiger partial charge in [0.1, 0.15) is 5.52 Å². The van der Waals surface area contributed by atoms with Crippen molar-refractivity contribution in [2.24, 2.45) is 0 Å². The number of imidazole rings is 1. The molecule has 0 amide bonds. The first-order chi connectivity index (χ1) is 14.6. The van der Waals surface area contributed by atoms with E-state index in [1.807, 2.05) is 4.57 Å². The van der Waals surface area contributed by atoms with Gasteiger partial charge in [0.2, 0.25) is 5.95 Å². The van der Waals surface area contributed by atoms with Gasteiger partial charge < -0.3 is 15.0 Å². The smallest absolute Gasteiger partial charge is 0.305 e. The van der Waals surface area contributed by atoms with Crippen molar-refractivity contribution in [1.82, 2.24) is 19.5 Å². The van der Waals surface area contributed by atoms with Gasteiger partial charge in [-0.1, -0.05) is 82.2 Å². The Kier molecular flexibility index (Phi) is 11.5. The van der Waals surface area contributed by atoms with Crippen LogP contribution in [-0.2, 0) is 16.1 Å². The predicted octanol–water partition coefficient (Wildman–Crippen LogP) is 5.70. The molecule has 0 aliphatic heterocycles. The molecular formula is C22H36ClN5O2. The molecule has 0 aliphatic carbocycles. The molecule has 2 N–H and O–H groups in total. The van der Waals surface area contributed by atoms with Crippen molar-refractivity contribution in [1.29, 1.82) is 0 Å². The molecule has 0 fully saturated rings. The first kappa shape index (κ1) is 24.4. The molecule has 0 spiro atoms. The van der Waals surface area contributed by atoms with E-state index < -0.39 is 0 Å². The van der Waals surface area contributed by atoms with E-state index in [0.717, 1.165) is 31.3 Å². The summed E-state index contributed by atoms with van der Waals surface area (Å²) in [6.45, 7) is 0.878. The monoisotopic (exact) mass is 437 g/mol. The number of halogens is 1. The van der Waals surface area contributed by atoms with Crippen molar-refractivity contribution >= 4 is 34.7 Å². The molecule has 0 aliphatic rings. The Morgan fingerprint density at radius 2 is 1.47 bits per heavy atom. The molecule has 0 unspecified atom stereocenters.